The summed E-state index contributed by atoms with van der Waals surface area (Å²) in [6, 6.07) is 5.06. The second-order valence-electron chi connectivity index (χ2n) is 5.24. The molecule has 1 aromatic carbocycles. The van der Waals surface area contributed by atoms with Crippen LogP contribution in [-0.2, 0) is 0 Å². The Hall–Kier alpha value is -2.05. The molecule has 1 saturated heterocycles. The number of hydrogen-bond acceptors (Lipinski definition) is 2. The summed E-state index contributed by atoms with van der Waals surface area (Å²) in [6.07, 6.45) is -2.68. The molecule has 1 aliphatic heterocycles. The number of amides is 1. The van der Waals surface area contributed by atoms with Gasteiger partial charge in [-0.3, -0.25) is 4.79 Å². The molecule has 1 fully saturated rings. The highest BCUT2D eigenvalue weighted by molar-refractivity contribution is 5.97. The highest BCUT2D eigenvalue weighted by atomic mass is 19.4. The number of likely N-dealkylation sites (tertiary alicyclic amines) is 1. The molecule has 1 N–H and O–H groups in total. The van der Waals surface area contributed by atoms with E-state index < -0.39 is 12.1 Å². The number of aromatic amines is 1. The monoisotopic (exact) mass is 297 g/mol. The molecule has 0 unspecified atom stereocenters. The molecule has 1 aliphatic rings. The normalized spacial score (nSPS) is 17.4. The average molecular weight is 297 g/mol. The zero-order valence-corrected chi connectivity index (χ0v) is 11.2. The number of piperidine rings is 1. The summed E-state index contributed by atoms with van der Waals surface area (Å²) in [4.78, 5) is 20.8. The first-order valence-electron chi connectivity index (χ1n) is 6.74. The van der Waals surface area contributed by atoms with Gasteiger partial charge in [-0.05, 0) is 31.0 Å². The molecular weight excluding hydrogens is 283 g/mol. The first kappa shape index (κ1) is 13.9. The van der Waals surface area contributed by atoms with E-state index in [2.05, 4.69) is 9.97 Å². The van der Waals surface area contributed by atoms with E-state index >= 15 is 0 Å². The van der Waals surface area contributed by atoms with Crippen molar-refractivity contribution in [2.24, 2.45) is 5.92 Å². The van der Waals surface area contributed by atoms with E-state index in [1.165, 1.54) is 11.2 Å². The van der Waals surface area contributed by atoms with E-state index in [9.17, 15) is 18.0 Å². The average Bonchev–Trinajstić information content (AvgIpc) is 2.93. The fourth-order valence-electron chi connectivity index (χ4n) is 2.66. The molecule has 0 radical (unpaired) electrons. The van der Waals surface area contributed by atoms with Crippen LogP contribution < -0.4 is 0 Å². The third-order valence-electron chi connectivity index (χ3n) is 3.91. The van der Waals surface area contributed by atoms with Crippen LogP contribution in [0, 0.1) is 5.92 Å². The van der Waals surface area contributed by atoms with E-state index in [1.54, 1.807) is 18.2 Å². The van der Waals surface area contributed by atoms with Gasteiger partial charge >= 0.3 is 6.18 Å². The van der Waals surface area contributed by atoms with Crippen LogP contribution in [0.1, 0.15) is 23.2 Å². The Morgan fingerprint density at radius 1 is 1.29 bits per heavy atom. The summed E-state index contributed by atoms with van der Waals surface area (Å²) >= 11 is 0. The van der Waals surface area contributed by atoms with Crippen LogP contribution in [0.15, 0.2) is 24.5 Å². The number of alkyl halides is 3. The summed E-state index contributed by atoms with van der Waals surface area (Å²) in [5.41, 5.74) is 1.96. The molecule has 4 nitrogen and oxygen atoms in total. The number of halogens is 3. The smallest absolute Gasteiger partial charge is 0.345 e. The van der Waals surface area contributed by atoms with Crippen LogP contribution in [0.2, 0.25) is 0 Å². The first-order chi connectivity index (χ1) is 9.95. The Morgan fingerprint density at radius 2 is 2.00 bits per heavy atom. The fraction of sp³-hybridized carbons (Fsp3) is 0.429. The van der Waals surface area contributed by atoms with Gasteiger partial charge in [0.15, 0.2) is 0 Å². The second kappa shape index (κ2) is 5.05. The number of carbonyl (C=O) groups excluding carboxylic acids is 1. The van der Waals surface area contributed by atoms with E-state index in [0.717, 1.165) is 11.0 Å². The molecule has 0 aliphatic carbocycles. The predicted molar refractivity (Wildman–Crippen MR) is 70.8 cm³/mol. The number of rotatable bonds is 1. The lowest BCUT2D eigenvalue weighted by Crippen LogP contribution is -2.42. The van der Waals surface area contributed by atoms with Gasteiger partial charge in [0.1, 0.15) is 0 Å². The Labute approximate surface area is 119 Å². The minimum absolute atomic E-state index is 0.0262. The Balaban J connectivity index is 1.71. The zero-order valence-electron chi connectivity index (χ0n) is 11.2. The van der Waals surface area contributed by atoms with Crippen LogP contribution in [0.4, 0.5) is 13.2 Å². The van der Waals surface area contributed by atoms with Crippen LogP contribution in [0.3, 0.4) is 0 Å². The van der Waals surface area contributed by atoms with Crippen molar-refractivity contribution in [3.05, 3.63) is 30.1 Å². The SMILES string of the molecule is O=C(c1ccc2nc[nH]c2c1)N1CCC(C(F)(F)F)CC1. The van der Waals surface area contributed by atoms with Crippen molar-refractivity contribution >= 4 is 16.9 Å². The molecule has 0 spiro atoms. The van der Waals surface area contributed by atoms with Crippen LogP contribution in [-0.4, -0.2) is 40.0 Å². The number of aromatic nitrogens is 2. The van der Waals surface area contributed by atoms with Crippen molar-refractivity contribution in [1.82, 2.24) is 14.9 Å². The molecule has 0 bridgehead atoms. The summed E-state index contributed by atoms with van der Waals surface area (Å²) in [5.74, 6) is -1.52. The van der Waals surface area contributed by atoms with Gasteiger partial charge < -0.3 is 9.88 Å². The first-order valence-corrected chi connectivity index (χ1v) is 6.74. The van der Waals surface area contributed by atoms with E-state index in [1.807, 2.05) is 0 Å². The third kappa shape index (κ3) is 2.72. The third-order valence-corrected chi connectivity index (χ3v) is 3.91. The van der Waals surface area contributed by atoms with E-state index in [0.29, 0.717) is 5.56 Å². The van der Waals surface area contributed by atoms with Gasteiger partial charge in [-0.1, -0.05) is 0 Å². The van der Waals surface area contributed by atoms with Crippen molar-refractivity contribution in [1.29, 1.82) is 0 Å². The quantitative estimate of drug-likeness (QED) is 0.879. The molecule has 3 rings (SSSR count). The van der Waals surface area contributed by atoms with Gasteiger partial charge in [0.05, 0.1) is 23.3 Å². The fourth-order valence-corrected chi connectivity index (χ4v) is 2.66. The predicted octanol–water partition coefficient (Wildman–Crippen LogP) is 2.98. The molecule has 21 heavy (non-hydrogen) atoms. The van der Waals surface area contributed by atoms with Gasteiger partial charge in [-0.15, -0.1) is 0 Å². The second-order valence-corrected chi connectivity index (χ2v) is 5.24. The molecule has 0 atom stereocenters. The van der Waals surface area contributed by atoms with Gasteiger partial charge in [-0.2, -0.15) is 13.2 Å². The Bertz CT molecular complexity index is 657. The molecule has 0 saturated carbocycles. The van der Waals surface area contributed by atoms with Crippen molar-refractivity contribution in [2.75, 3.05) is 13.1 Å². The lowest BCUT2D eigenvalue weighted by molar-refractivity contribution is -0.183. The van der Waals surface area contributed by atoms with Crippen molar-refractivity contribution in [2.45, 2.75) is 19.0 Å². The summed E-state index contributed by atoms with van der Waals surface area (Å²) in [5, 5.41) is 0. The van der Waals surface area contributed by atoms with E-state index in [-0.39, 0.29) is 31.8 Å². The number of carbonyl (C=O) groups is 1. The number of H-pyrrole nitrogens is 1. The summed E-state index contributed by atoms with van der Waals surface area (Å²) < 4.78 is 37.9. The number of fused-ring (bicyclic) bond motifs is 1. The van der Waals surface area contributed by atoms with Crippen LogP contribution in [0.25, 0.3) is 11.0 Å². The number of nitrogens with one attached hydrogen (secondary N) is 1. The lowest BCUT2D eigenvalue weighted by Gasteiger charge is -2.33. The van der Waals surface area contributed by atoms with Crippen LogP contribution in [0.5, 0.6) is 0 Å². The van der Waals surface area contributed by atoms with E-state index in [4.69, 9.17) is 0 Å². The molecule has 2 aromatic rings. The Morgan fingerprint density at radius 3 is 2.67 bits per heavy atom. The maximum absolute atomic E-state index is 12.6. The number of imidazole rings is 1. The number of nitrogens with zero attached hydrogens (tertiary/aromatic N) is 2. The number of hydrogen-bond donors (Lipinski definition) is 1. The van der Waals surface area contributed by atoms with Gasteiger partial charge in [0, 0.05) is 18.7 Å². The minimum Gasteiger partial charge on any atom is -0.345 e. The van der Waals surface area contributed by atoms with Gasteiger partial charge in [0.2, 0.25) is 0 Å². The molecule has 112 valence electrons. The van der Waals surface area contributed by atoms with Crippen molar-refractivity contribution < 1.29 is 18.0 Å². The Kier molecular flexibility index (Phi) is 3.35. The highest BCUT2D eigenvalue weighted by Gasteiger charge is 2.41. The lowest BCUT2D eigenvalue weighted by atomic mass is 9.96. The highest BCUT2D eigenvalue weighted by Crippen LogP contribution is 2.34. The summed E-state index contributed by atoms with van der Waals surface area (Å²) in [6.45, 7) is 0.286. The van der Waals surface area contributed by atoms with Crippen LogP contribution >= 0.6 is 0 Å². The van der Waals surface area contributed by atoms with Gasteiger partial charge in [0.25, 0.3) is 5.91 Å². The van der Waals surface area contributed by atoms with Crippen molar-refractivity contribution in [3.63, 3.8) is 0 Å². The topological polar surface area (TPSA) is 49.0 Å². The molecule has 2 heterocycles. The van der Waals surface area contributed by atoms with Crippen molar-refractivity contribution in [3.8, 4) is 0 Å². The molecule has 7 heteroatoms. The maximum Gasteiger partial charge on any atom is 0.391 e. The summed E-state index contributed by atoms with van der Waals surface area (Å²) in [7, 11) is 0. The minimum atomic E-state index is -4.16. The number of benzene rings is 1. The molecule has 1 amide bonds. The largest absolute Gasteiger partial charge is 0.391 e. The zero-order chi connectivity index (χ0) is 15.0. The maximum atomic E-state index is 12.6. The molecule has 1 aromatic heterocycles. The van der Waals surface area contributed by atoms with Gasteiger partial charge in [-0.25, -0.2) is 4.98 Å². The standard InChI is InChI=1S/C14H14F3N3O/c15-14(16,17)10-3-5-20(6-4-10)13(21)9-1-2-11-12(7-9)19-8-18-11/h1-2,7-8,10H,3-6H2,(H,18,19). The molecular formula is C14H14F3N3O.